The van der Waals surface area contributed by atoms with Crippen molar-refractivity contribution in [3.05, 3.63) is 46.0 Å². The van der Waals surface area contributed by atoms with E-state index in [1.54, 1.807) is 5.56 Å². The second kappa shape index (κ2) is 2.23. The molecule has 60 valence electrons. The largest absolute Gasteiger partial charge is 0.0662 e. The molecule has 2 aliphatic rings. The van der Waals surface area contributed by atoms with Crippen LogP contribution in [0.1, 0.15) is 29.4 Å². The van der Waals surface area contributed by atoms with Gasteiger partial charge in [-0.05, 0) is 22.0 Å². The Morgan fingerprint density at radius 3 is 2.75 bits per heavy atom. The molecule has 0 fully saturated rings. The van der Waals surface area contributed by atoms with Gasteiger partial charge in [0.1, 0.15) is 0 Å². The van der Waals surface area contributed by atoms with Crippen LogP contribution in [0.5, 0.6) is 0 Å². The average molecular weight is 221 g/mol. The van der Waals surface area contributed by atoms with E-state index in [9.17, 15) is 0 Å². The van der Waals surface area contributed by atoms with Crippen molar-refractivity contribution in [1.29, 1.82) is 0 Å². The van der Waals surface area contributed by atoms with Crippen LogP contribution in [0.2, 0.25) is 0 Å². The van der Waals surface area contributed by atoms with Gasteiger partial charge in [-0.2, -0.15) is 0 Å². The quantitative estimate of drug-likeness (QED) is 0.628. The molecule has 2 aliphatic carbocycles. The molecule has 0 saturated carbocycles. The van der Waals surface area contributed by atoms with Crippen LogP contribution in [-0.2, 0) is 0 Å². The highest BCUT2D eigenvalue weighted by atomic mass is 79.9. The van der Waals surface area contributed by atoms with Crippen LogP contribution >= 0.6 is 15.9 Å². The van der Waals surface area contributed by atoms with Crippen molar-refractivity contribution in [3.8, 4) is 0 Å². The number of rotatable bonds is 0. The topological polar surface area (TPSA) is 0 Å². The lowest BCUT2D eigenvalue weighted by Crippen LogP contribution is -1.93. The third-order valence-corrected chi connectivity index (χ3v) is 3.77. The van der Waals surface area contributed by atoms with E-state index in [-0.39, 0.29) is 0 Å². The first-order valence-corrected chi connectivity index (χ1v) is 5.11. The van der Waals surface area contributed by atoms with Crippen LogP contribution in [0.15, 0.2) is 34.8 Å². The van der Waals surface area contributed by atoms with Crippen LogP contribution < -0.4 is 0 Å². The minimum Gasteiger partial charge on any atom is -0.0662 e. The van der Waals surface area contributed by atoms with Crippen molar-refractivity contribution in [2.45, 2.75) is 18.3 Å². The Morgan fingerprint density at radius 1 is 1.17 bits per heavy atom. The number of hydrogen-bond acceptors (Lipinski definition) is 0. The van der Waals surface area contributed by atoms with Gasteiger partial charge in [0.25, 0.3) is 0 Å². The number of allylic oxidation sites excluding steroid dienone is 2. The molecule has 0 aromatic heterocycles. The van der Waals surface area contributed by atoms with Gasteiger partial charge >= 0.3 is 0 Å². The van der Waals surface area contributed by atoms with Gasteiger partial charge < -0.3 is 0 Å². The van der Waals surface area contributed by atoms with Crippen molar-refractivity contribution in [2.24, 2.45) is 0 Å². The lowest BCUT2D eigenvalue weighted by Gasteiger charge is -2.11. The van der Waals surface area contributed by atoms with E-state index in [4.69, 9.17) is 0 Å². The minimum absolute atomic E-state index is 0.672. The van der Waals surface area contributed by atoms with Crippen LogP contribution in [0, 0.1) is 0 Å². The molecule has 0 N–H and O–H groups in total. The Labute approximate surface area is 80.4 Å². The molecule has 2 unspecified atom stereocenters. The monoisotopic (exact) mass is 220 g/mol. The zero-order chi connectivity index (χ0) is 8.13. The van der Waals surface area contributed by atoms with Crippen LogP contribution in [0.25, 0.3) is 0 Å². The Bertz CT molecular complexity index is 365. The van der Waals surface area contributed by atoms with Crippen molar-refractivity contribution in [2.75, 3.05) is 0 Å². The molecule has 0 heterocycles. The molecule has 2 atom stereocenters. The van der Waals surface area contributed by atoms with Crippen LogP contribution in [0.3, 0.4) is 0 Å². The summed E-state index contributed by atoms with van der Waals surface area (Å²) in [6, 6.07) is 8.80. The molecule has 0 aliphatic heterocycles. The molecular weight excluding hydrogens is 212 g/mol. The van der Waals surface area contributed by atoms with Gasteiger partial charge in [0, 0.05) is 11.8 Å². The zero-order valence-electron chi connectivity index (χ0n) is 6.63. The average Bonchev–Trinajstić information content (AvgIpc) is 2.62. The summed E-state index contributed by atoms with van der Waals surface area (Å²) in [4.78, 5) is 0. The van der Waals surface area contributed by atoms with E-state index < -0.39 is 0 Å². The van der Waals surface area contributed by atoms with Crippen LogP contribution in [0.4, 0.5) is 0 Å². The standard InChI is InChI=1S/C11H9Br/c12-11-6-7-5-10(11)9-4-2-1-3-8(7)9/h1-4,6-7,10H,5H2. The Balaban J connectivity index is 2.23. The summed E-state index contributed by atoms with van der Waals surface area (Å²) < 4.78 is 1.39. The first kappa shape index (κ1) is 6.90. The number of hydrogen-bond donors (Lipinski definition) is 0. The lowest BCUT2D eigenvalue weighted by atomic mass is 9.97. The summed E-state index contributed by atoms with van der Waals surface area (Å²) in [5.74, 6) is 1.37. The molecule has 0 radical (unpaired) electrons. The highest BCUT2D eigenvalue weighted by Gasteiger charge is 2.36. The normalized spacial score (nSPS) is 30.2. The fourth-order valence-electron chi connectivity index (χ4n) is 2.40. The summed E-state index contributed by atoms with van der Waals surface area (Å²) in [7, 11) is 0. The molecule has 1 heteroatoms. The molecule has 3 rings (SSSR count). The molecule has 12 heavy (non-hydrogen) atoms. The summed E-state index contributed by atoms with van der Waals surface area (Å²) in [6.45, 7) is 0. The molecular formula is C11H9Br. The van der Waals surface area contributed by atoms with E-state index in [1.165, 1.54) is 16.5 Å². The van der Waals surface area contributed by atoms with Gasteiger partial charge in [-0.1, -0.05) is 46.3 Å². The predicted octanol–water partition coefficient (Wildman–Crippen LogP) is 3.55. The SMILES string of the molecule is BrC1=CC2CC1c1ccccc12. The molecule has 0 spiro atoms. The van der Waals surface area contributed by atoms with Crippen molar-refractivity contribution in [1.82, 2.24) is 0 Å². The highest BCUT2D eigenvalue weighted by Crippen LogP contribution is 2.53. The smallest absolute Gasteiger partial charge is 0.0164 e. The van der Waals surface area contributed by atoms with Crippen molar-refractivity contribution >= 4 is 15.9 Å². The Kier molecular flexibility index (Phi) is 1.28. The molecule has 1 aromatic carbocycles. The summed E-state index contributed by atoms with van der Waals surface area (Å²) in [5, 5.41) is 0. The summed E-state index contributed by atoms with van der Waals surface area (Å²) >= 11 is 3.63. The van der Waals surface area contributed by atoms with Gasteiger partial charge in [-0.3, -0.25) is 0 Å². The first-order chi connectivity index (χ1) is 5.86. The van der Waals surface area contributed by atoms with E-state index in [0.29, 0.717) is 11.8 Å². The minimum atomic E-state index is 0.672. The van der Waals surface area contributed by atoms with E-state index >= 15 is 0 Å². The molecule has 0 saturated heterocycles. The number of fused-ring (bicyclic) bond motifs is 5. The highest BCUT2D eigenvalue weighted by molar-refractivity contribution is 9.11. The molecule has 0 amide bonds. The fourth-order valence-corrected chi connectivity index (χ4v) is 3.15. The number of halogens is 1. The maximum atomic E-state index is 3.63. The van der Waals surface area contributed by atoms with E-state index in [2.05, 4.69) is 46.3 Å². The van der Waals surface area contributed by atoms with Crippen molar-refractivity contribution in [3.63, 3.8) is 0 Å². The molecule has 2 bridgehead atoms. The zero-order valence-corrected chi connectivity index (χ0v) is 8.21. The fraction of sp³-hybridized carbons (Fsp3) is 0.273. The number of benzene rings is 1. The Morgan fingerprint density at radius 2 is 1.92 bits per heavy atom. The maximum Gasteiger partial charge on any atom is 0.0164 e. The van der Waals surface area contributed by atoms with Crippen LogP contribution in [-0.4, -0.2) is 0 Å². The van der Waals surface area contributed by atoms with Gasteiger partial charge in [0.2, 0.25) is 0 Å². The second-order valence-electron chi connectivity index (χ2n) is 3.58. The predicted molar refractivity (Wildman–Crippen MR) is 53.6 cm³/mol. The third-order valence-electron chi connectivity index (χ3n) is 2.95. The van der Waals surface area contributed by atoms with Gasteiger partial charge in [-0.15, -0.1) is 0 Å². The van der Waals surface area contributed by atoms with Crippen molar-refractivity contribution < 1.29 is 0 Å². The van der Waals surface area contributed by atoms with E-state index in [1.807, 2.05) is 0 Å². The Hall–Kier alpha value is -0.560. The van der Waals surface area contributed by atoms with Gasteiger partial charge in [0.05, 0.1) is 0 Å². The first-order valence-electron chi connectivity index (χ1n) is 4.32. The molecule has 1 aromatic rings. The maximum absolute atomic E-state index is 3.63. The third kappa shape index (κ3) is 0.726. The second-order valence-corrected chi connectivity index (χ2v) is 4.49. The van der Waals surface area contributed by atoms with E-state index in [0.717, 1.165) is 0 Å². The van der Waals surface area contributed by atoms with Gasteiger partial charge in [-0.25, -0.2) is 0 Å². The molecule has 0 nitrogen and oxygen atoms in total. The lowest BCUT2D eigenvalue weighted by molar-refractivity contribution is 0.801. The van der Waals surface area contributed by atoms with Gasteiger partial charge in [0.15, 0.2) is 0 Å². The summed E-state index contributed by atoms with van der Waals surface area (Å²) in [5.41, 5.74) is 3.09. The summed E-state index contributed by atoms with van der Waals surface area (Å²) in [6.07, 6.45) is 3.65.